The zero-order valence-corrected chi connectivity index (χ0v) is 17.9. The first-order valence-corrected chi connectivity index (χ1v) is 11.4. The number of amides is 1. The molecule has 0 spiro atoms. The number of carbonyl (C=O) groups excluding carboxylic acids is 1. The number of sulfonamides is 1. The van der Waals surface area contributed by atoms with Crippen LogP contribution in [0.5, 0.6) is 0 Å². The number of pyridine rings is 1. The molecule has 0 saturated carbocycles. The summed E-state index contributed by atoms with van der Waals surface area (Å²) < 4.78 is 72.0. The number of halogens is 3. The van der Waals surface area contributed by atoms with Crippen LogP contribution in [-0.2, 0) is 10.0 Å². The molecule has 2 atom stereocenters. The van der Waals surface area contributed by atoms with Crippen LogP contribution in [-0.4, -0.2) is 46.9 Å². The highest BCUT2D eigenvalue weighted by Gasteiger charge is 2.45. The highest BCUT2D eigenvalue weighted by atomic mass is 32.2. The van der Waals surface area contributed by atoms with Crippen LogP contribution in [0.25, 0.3) is 5.52 Å². The summed E-state index contributed by atoms with van der Waals surface area (Å²) in [6.07, 6.45) is 3.76. The number of nitrogens with one attached hydrogen (secondary N) is 1. The number of carbonyl (C=O) groups is 1. The molecule has 3 aromatic rings. The summed E-state index contributed by atoms with van der Waals surface area (Å²) in [5, 5.41) is 1.09. The first kappa shape index (κ1) is 22.3. The Kier molecular flexibility index (Phi) is 5.72. The van der Waals surface area contributed by atoms with Gasteiger partial charge in [0.05, 0.1) is 17.3 Å². The predicted octanol–water partition coefficient (Wildman–Crippen LogP) is 3.19. The van der Waals surface area contributed by atoms with Gasteiger partial charge in [0.25, 0.3) is 15.9 Å². The lowest BCUT2D eigenvalue weighted by molar-refractivity contribution is 0.0976. The van der Waals surface area contributed by atoms with E-state index < -0.39 is 45.2 Å². The maximum Gasteiger partial charge on any atom is 0.271 e. The van der Waals surface area contributed by atoms with Gasteiger partial charge in [-0.15, -0.1) is 0 Å². The second-order valence-electron chi connectivity index (χ2n) is 7.92. The van der Waals surface area contributed by atoms with Crippen LogP contribution < -0.4 is 4.72 Å². The summed E-state index contributed by atoms with van der Waals surface area (Å²) in [5.74, 6) is -2.29. The molecule has 1 amide bonds. The molecule has 11 heteroatoms. The van der Waals surface area contributed by atoms with Gasteiger partial charge in [-0.2, -0.15) is 5.10 Å². The SMILES string of the molecule is C[C@](F)(CN1CCC[C@@H]1c1cc(F)ccc1F)S(=O)(=O)NC(=O)c1cnn2ccccc12. The minimum atomic E-state index is -4.78. The molecule has 3 heterocycles. The van der Waals surface area contributed by atoms with E-state index in [1.165, 1.54) is 15.6 Å². The van der Waals surface area contributed by atoms with E-state index in [0.29, 0.717) is 24.9 Å². The number of hydrogen-bond donors (Lipinski definition) is 1. The molecule has 1 saturated heterocycles. The molecule has 0 bridgehead atoms. The van der Waals surface area contributed by atoms with Gasteiger partial charge in [-0.25, -0.2) is 30.8 Å². The topological polar surface area (TPSA) is 83.8 Å². The van der Waals surface area contributed by atoms with Gasteiger partial charge in [0.2, 0.25) is 5.00 Å². The minimum Gasteiger partial charge on any atom is -0.292 e. The van der Waals surface area contributed by atoms with Crippen LogP contribution in [0.4, 0.5) is 13.2 Å². The molecule has 1 fully saturated rings. The number of likely N-dealkylation sites (tertiary alicyclic amines) is 1. The Morgan fingerprint density at radius 1 is 1.28 bits per heavy atom. The van der Waals surface area contributed by atoms with Crippen molar-refractivity contribution in [2.24, 2.45) is 0 Å². The number of fused-ring (bicyclic) bond motifs is 1. The van der Waals surface area contributed by atoms with E-state index in [1.54, 1.807) is 29.1 Å². The molecular formula is C21H21F3N4O3S. The minimum absolute atomic E-state index is 0.0224. The number of nitrogens with zero attached hydrogens (tertiary/aromatic N) is 3. The molecule has 0 radical (unpaired) electrons. The van der Waals surface area contributed by atoms with Gasteiger partial charge in [-0.3, -0.25) is 9.69 Å². The molecule has 170 valence electrons. The normalized spacial score (nSPS) is 19.2. The number of rotatable bonds is 6. The van der Waals surface area contributed by atoms with Crippen LogP contribution in [0, 0.1) is 11.6 Å². The first-order chi connectivity index (χ1) is 15.1. The van der Waals surface area contributed by atoms with E-state index in [2.05, 4.69) is 5.10 Å². The summed E-state index contributed by atoms with van der Waals surface area (Å²) in [6, 6.07) is 7.25. The van der Waals surface area contributed by atoms with E-state index in [1.807, 2.05) is 0 Å². The zero-order chi connectivity index (χ0) is 23.1. The number of aromatic nitrogens is 2. The fourth-order valence-corrected chi connectivity index (χ4v) is 4.88. The number of alkyl halides is 1. The zero-order valence-electron chi connectivity index (χ0n) is 17.1. The molecule has 1 aliphatic rings. The van der Waals surface area contributed by atoms with Crippen molar-refractivity contribution in [3.63, 3.8) is 0 Å². The van der Waals surface area contributed by atoms with Crippen molar-refractivity contribution in [2.75, 3.05) is 13.1 Å². The van der Waals surface area contributed by atoms with Crippen LogP contribution in [0.1, 0.15) is 41.7 Å². The lowest BCUT2D eigenvalue weighted by atomic mass is 10.0. The number of hydrogen-bond acceptors (Lipinski definition) is 5. The second kappa shape index (κ2) is 8.21. The van der Waals surface area contributed by atoms with Crippen molar-refractivity contribution in [2.45, 2.75) is 30.8 Å². The number of benzene rings is 1. The summed E-state index contributed by atoms with van der Waals surface area (Å²) >= 11 is 0. The summed E-state index contributed by atoms with van der Waals surface area (Å²) in [6.45, 7) is 0.526. The Morgan fingerprint density at radius 2 is 2.06 bits per heavy atom. The van der Waals surface area contributed by atoms with Gasteiger partial charge in [0.15, 0.2) is 0 Å². The van der Waals surface area contributed by atoms with Gasteiger partial charge in [0.1, 0.15) is 11.6 Å². The molecule has 1 N–H and O–H groups in total. The van der Waals surface area contributed by atoms with Gasteiger partial charge < -0.3 is 0 Å². The van der Waals surface area contributed by atoms with Gasteiger partial charge in [-0.05, 0) is 56.6 Å². The summed E-state index contributed by atoms with van der Waals surface area (Å²) in [5.41, 5.74) is 0.388. The Labute approximate surface area is 182 Å². The largest absolute Gasteiger partial charge is 0.292 e. The molecule has 32 heavy (non-hydrogen) atoms. The molecule has 1 aliphatic heterocycles. The van der Waals surface area contributed by atoms with Gasteiger partial charge >= 0.3 is 0 Å². The molecule has 0 unspecified atom stereocenters. The second-order valence-corrected chi connectivity index (χ2v) is 9.98. The molecule has 2 aromatic heterocycles. The van der Waals surface area contributed by atoms with E-state index in [9.17, 15) is 22.0 Å². The van der Waals surface area contributed by atoms with E-state index in [4.69, 9.17) is 0 Å². The third-order valence-electron chi connectivity index (χ3n) is 5.62. The van der Waals surface area contributed by atoms with Crippen molar-refractivity contribution < 1.29 is 26.4 Å². The molecular weight excluding hydrogens is 445 g/mol. The summed E-state index contributed by atoms with van der Waals surface area (Å²) in [7, 11) is -4.78. The maximum absolute atomic E-state index is 15.5. The maximum atomic E-state index is 15.5. The fourth-order valence-electron chi connectivity index (χ4n) is 3.98. The Morgan fingerprint density at radius 3 is 2.84 bits per heavy atom. The Balaban J connectivity index is 1.54. The quantitative estimate of drug-likeness (QED) is 0.603. The lowest BCUT2D eigenvalue weighted by Crippen LogP contribution is -2.50. The van der Waals surface area contributed by atoms with E-state index in [-0.39, 0.29) is 11.1 Å². The Bertz CT molecular complexity index is 1280. The molecule has 4 rings (SSSR count). The molecule has 7 nitrogen and oxygen atoms in total. The van der Waals surface area contributed by atoms with Crippen LogP contribution in [0.3, 0.4) is 0 Å². The summed E-state index contributed by atoms with van der Waals surface area (Å²) in [4.78, 5) is 14.0. The smallest absolute Gasteiger partial charge is 0.271 e. The highest BCUT2D eigenvalue weighted by Crippen LogP contribution is 2.36. The monoisotopic (exact) mass is 466 g/mol. The third kappa shape index (κ3) is 4.09. The fraction of sp³-hybridized carbons (Fsp3) is 0.333. The third-order valence-corrected chi connectivity index (χ3v) is 7.33. The Hall–Kier alpha value is -2.92. The molecule has 0 aliphatic carbocycles. The van der Waals surface area contributed by atoms with Crippen LogP contribution in [0.15, 0.2) is 48.8 Å². The highest BCUT2D eigenvalue weighted by molar-refractivity contribution is 7.91. The van der Waals surface area contributed by atoms with Crippen molar-refractivity contribution in [3.8, 4) is 0 Å². The van der Waals surface area contributed by atoms with Crippen molar-refractivity contribution in [3.05, 3.63) is 71.6 Å². The average Bonchev–Trinajstić information content (AvgIpc) is 3.36. The first-order valence-electron chi connectivity index (χ1n) is 9.96. The average molecular weight is 466 g/mol. The van der Waals surface area contributed by atoms with Crippen LogP contribution >= 0.6 is 0 Å². The molecule has 1 aromatic carbocycles. The van der Waals surface area contributed by atoms with E-state index >= 15 is 4.39 Å². The van der Waals surface area contributed by atoms with Crippen LogP contribution in [0.2, 0.25) is 0 Å². The van der Waals surface area contributed by atoms with Crippen molar-refractivity contribution in [1.29, 1.82) is 0 Å². The predicted molar refractivity (Wildman–Crippen MR) is 111 cm³/mol. The van der Waals surface area contributed by atoms with E-state index in [0.717, 1.165) is 25.1 Å². The van der Waals surface area contributed by atoms with Gasteiger partial charge in [-0.1, -0.05) is 6.07 Å². The van der Waals surface area contributed by atoms with Crippen molar-refractivity contribution in [1.82, 2.24) is 19.2 Å². The van der Waals surface area contributed by atoms with Crippen molar-refractivity contribution >= 4 is 21.4 Å². The van der Waals surface area contributed by atoms with Gasteiger partial charge in [0, 0.05) is 24.3 Å². The standard InChI is InChI=1S/C21H21F3N4O3S/c1-21(24,13-27-9-4-6-18(27)15-11-14(22)7-8-17(15)23)32(30,31)26-20(29)16-12-25-28-10-3-2-5-19(16)28/h2-3,5,7-8,10-12,18H,4,6,9,13H2,1H3,(H,26,29)/t18-,21-/m1/s1. The lowest BCUT2D eigenvalue weighted by Gasteiger charge is -2.31.